The first-order valence-corrected chi connectivity index (χ1v) is 7.49. The van der Waals surface area contributed by atoms with Gasteiger partial charge in [-0.3, -0.25) is 0 Å². The second kappa shape index (κ2) is 7.56. The van der Waals surface area contributed by atoms with Gasteiger partial charge < -0.3 is 9.47 Å². The summed E-state index contributed by atoms with van der Waals surface area (Å²) >= 11 is 5.79. The summed E-state index contributed by atoms with van der Waals surface area (Å²) in [5, 5.41) is 11.5. The van der Waals surface area contributed by atoms with Crippen molar-refractivity contribution < 1.29 is 14.3 Å². The smallest absolute Gasteiger partial charge is 0.338 e. The largest absolute Gasteiger partial charge is 0.490 e. The number of tetrazole rings is 1. The molecule has 0 bridgehead atoms. The summed E-state index contributed by atoms with van der Waals surface area (Å²) in [6.45, 7) is 0.386. The van der Waals surface area contributed by atoms with Crippen LogP contribution in [0.1, 0.15) is 10.4 Å². The first kappa shape index (κ1) is 15.9. The molecular formula is C16H13ClN4O3. The van der Waals surface area contributed by atoms with E-state index in [1.807, 2.05) is 0 Å². The highest BCUT2D eigenvalue weighted by atomic mass is 35.5. The molecule has 2 aromatic carbocycles. The van der Waals surface area contributed by atoms with Crippen molar-refractivity contribution in [3.63, 3.8) is 0 Å². The van der Waals surface area contributed by atoms with Gasteiger partial charge in [-0.05, 0) is 52.9 Å². The molecular weight excluding hydrogens is 332 g/mol. The molecule has 0 atom stereocenters. The van der Waals surface area contributed by atoms with Crippen LogP contribution in [0.3, 0.4) is 0 Å². The lowest BCUT2D eigenvalue weighted by atomic mass is 10.2. The fourth-order valence-electron chi connectivity index (χ4n) is 1.96. The minimum absolute atomic E-state index is 0.135. The Bertz CT molecular complexity index is 806. The lowest BCUT2D eigenvalue weighted by Gasteiger charge is -2.08. The van der Waals surface area contributed by atoms with Gasteiger partial charge in [-0.15, -0.1) is 5.10 Å². The van der Waals surface area contributed by atoms with Gasteiger partial charge in [-0.2, -0.15) is 0 Å². The molecule has 3 rings (SSSR count). The summed E-state index contributed by atoms with van der Waals surface area (Å²) in [5.74, 6) is 0.223. The number of aromatic nitrogens is 4. The molecule has 24 heavy (non-hydrogen) atoms. The highest BCUT2D eigenvalue weighted by Crippen LogP contribution is 2.15. The van der Waals surface area contributed by atoms with E-state index >= 15 is 0 Å². The van der Waals surface area contributed by atoms with Crippen molar-refractivity contribution >= 4 is 17.6 Å². The van der Waals surface area contributed by atoms with E-state index in [1.54, 1.807) is 48.5 Å². The Morgan fingerprint density at radius 3 is 2.71 bits per heavy atom. The fourth-order valence-corrected chi connectivity index (χ4v) is 2.09. The predicted octanol–water partition coefficient (Wildman–Crippen LogP) is 2.55. The zero-order valence-electron chi connectivity index (χ0n) is 12.5. The number of halogens is 1. The Kier molecular flexibility index (Phi) is 5.02. The Morgan fingerprint density at radius 2 is 1.96 bits per heavy atom. The van der Waals surface area contributed by atoms with E-state index in [-0.39, 0.29) is 13.2 Å². The number of carbonyl (C=O) groups is 1. The molecule has 0 fully saturated rings. The third-order valence-corrected chi connectivity index (χ3v) is 3.35. The van der Waals surface area contributed by atoms with Crippen molar-refractivity contribution in [3.05, 3.63) is 65.4 Å². The van der Waals surface area contributed by atoms with Gasteiger partial charge in [0, 0.05) is 5.02 Å². The Labute approximate surface area is 142 Å². The van der Waals surface area contributed by atoms with E-state index in [4.69, 9.17) is 21.1 Å². The van der Waals surface area contributed by atoms with Crippen LogP contribution in [0.2, 0.25) is 5.02 Å². The van der Waals surface area contributed by atoms with Crippen molar-refractivity contribution in [2.24, 2.45) is 0 Å². The van der Waals surface area contributed by atoms with E-state index in [9.17, 15) is 4.79 Å². The molecule has 0 aliphatic heterocycles. The molecule has 1 aromatic heterocycles. The Morgan fingerprint density at radius 1 is 1.12 bits per heavy atom. The summed E-state index contributed by atoms with van der Waals surface area (Å²) in [7, 11) is 0. The molecule has 1 heterocycles. The molecule has 0 radical (unpaired) electrons. The monoisotopic (exact) mass is 344 g/mol. The second-order valence-electron chi connectivity index (χ2n) is 4.74. The highest BCUT2D eigenvalue weighted by molar-refractivity contribution is 6.30. The van der Waals surface area contributed by atoms with Crippen LogP contribution in [0.25, 0.3) is 5.69 Å². The summed E-state index contributed by atoms with van der Waals surface area (Å²) in [5.41, 5.74) is 1.08. The SMILES string of the molecule is O=C(OCCOc1ccc(Cl)cc1)c1cccc(-n2cnnn2)c1. The van der Waals surface area contributed by atoms with Crippen molar-refractivity contribution in [2.75, 3.05) is 13.2 Å². The van der Waals surface area contributed by atoms with Crippen LogP contribution < -0.4 is 4.74 Å². The number of rotatable bonds is 6. The van der Waals surface area contributed by atoms with Crippen molar-refractivity contribution in [2.45, 2.75) is 0 Å². The molecule has 122 valence electrons. The lowest BCUT2D eigenvalue weighted by Crippen LogP contribution is -2.12. The molecule has 0 amide bonds. The van der Waals surface area contributed by atoms with E-state index in [1.165, 1.54) is 11.0 Å². The zero-order valence-corrected chi connectivity index (χ0v) is 13.3. The molecule has 7 nitrogen and oxygen atoms in total. The number of benzene rings is 2. The molecule has 0 saturated heterocycles. The predicted molar refractivity (Wildman–Crippen MR) is 86.4 cm³/mol. The average molecular weight is 345 g/mol. The van der Waals surface area contributed by atoms with Crippen LogP contribution in [-0.2, 0) is 4.74 Å². The molecule has 0 aliphatic rings. The highest BCUT2D eigenvalue weighted by Gasteiger charge is 2.09. The molecule has 0 N–H and O–H groups in total. The van der Waals surface area contributed by atoms with Gasteiger partial charge in [-0.1, -0.05) is 17.7 Å². The van der Waals surface area contributed by atoms with Crippen molar-refractivity contribution in [1.82, 2.24) is 20.2 Å². The van der Waals surface area contributed by atoms with E-state index in [0.717, 1.165) is 0 Å². The number of carbonyl (C=O) groups excluding carboxylic acids is 1. The maximum atomic E-state index is 12.1. The summed E-state index contributed by atoms with van der Waals surface area (Å²) in [6.07, 6.45) is 1.45. The van der Waals surface area contributed by atoms with Crippen LogP contribution in [0.15, 0.2) is 54.9 Å². The van der Waals surface area contributed by atoms with Gasteiger partial charge in [0.25, 0.3) is 0 Å². The van der Waals surface area contributed by atoms with E-state index in [2.05, 4.69) is 15.5 Å². The molecule has 3 aromatic rings. The molecule has 0 aliphatic carbocycles. The number of ether oxygens (including phenoxy) is 2. The van der Waals surface area contributed by atoms with E-state index < -0.39 is 5.97 Å². The molecule has 8 heteroatoms. The minimum atomic E-state index is -0.440. The summed E-state index contributed by atoms with van der Waals surface area (Å²) in [6, 6.07) is 13.8. The Balaban J connectivity index is 1.52. The number of nitrogens with zero attached hydrogens (tertiary/aromatic N) is 4. The first-order chi connectivity index (χ1) is 11.7. The fraction of sp³-hybridized carbons (Fsp3) is 0.125. The van der Waals surface area contributed by atoms with Crippen LogP contribution >= 0.6 is 11.6 Å². The topological polar surface area (TPSA) is 79.1 Å². The number of esters is 1. The lowest BCUT2D eigenvalue weighted by molar-refractivity contribution is 0.0450. The van der Waals surface area contributed by atoms with E-state index in [0.29, 0.717) is 22.0 Å². The van der Waals surface area contributed by atoms with Crippen LogP contribution in [0.4, 0.5) is 0 Å². The van der Waals surface area contributed by atoms with Crippen molar-refractivity contribution in [3.8, 4) is 11.4 Å². The van der Waals surface area contributed by atoms with Gasteiger partial charge in [0.15, 0.2) is 0 Å². The zero-order chi connectivity index (χ0) is 16.8. The van der Waals surface area contributed by atoms with Gasteiger partial charge in [0.05, 0.1) is 11.3 Å². The number of hydrogen-bond donors (Lipinski definition) is 0. The Hall–Kier alpha value is -2.93. The molecule has 0 unspecified atom stereocenters. The minimum Gasteiger partial charge on any atom is -0.490 e. The van der Waals surface area contributed by atoms with Crippen molar-refractivity contribution in [1.29, 1.82) is 0 Å². The quantitative estimate of drug-likeness (QED) is 0.505. The molecule has 0 saturated carbocycles. The van der Waals surface area contributed by atoms with Crippen LogP contribution in [0, 0.1) is 0 Å². The van der Waals surface area contributed by atoms with Gasteiger partial charge in [0.2, 0.25) is 0 Å². The maximum Gasteiger partial charge on any atom is 0.338 e. The first-order valence-electron chi connectivity index (χ1n) is 7.11. The third-order valence-electron chi connectivity index (χ3n) is 3.09. The number of hydrogen-bond acceptors (Lipinski definition) is 6. The van der Waals surface area contributed by atoms with Gasteiger partial charge in [-0.25, -0.2) is 9.48 Å². The normalized spacial score (nSPS) is 10.4. The average Bonchev–Trinajstić information content (AvgIpc) is 3.15. The standard InChI is InChI=1S/C16H13ClN4O3/c17-13-4-6-15(7-5-13)23-8-9-24-16(22)12-2-1-3-14(10-12)21-11-18-19-20-21/h1-7,10-11H,8-9H2. The summed E-state index contributed by atoms with van der Waals surface area (Å²) < 4.78 is 12.1. The maximum absolute atomic E-state index is 12.1. The van der Waals surface area contributed by atoms with Crippen LogP contribution in [0.5, 0.6) is 5.75 Å². The van der Waals surface area contributed by atoms with Gasteiger partial charge in [0.1, 0.15) is 25.3 Å². The van der Waals surface area contributed by atoms with Gasteiger partial charge >= 0.3 is 5.97 Å². The third kappa shape index (κ3) is 4.08. The summed E-state index contributed by atoms with van der Waals surface area (Å²) in [4.78, 5) is 12.1. The second-order valence-corrected chi connectivity index (χ2v) is 5.18. The molecule has 0 spiro atoms. The van der Waals surface area contributed by atoms with Crippen LogP contribution in [-0.4, -0.2) is 39.4 Å².